The average molecular weight is 690 g/mol. The SMILES string of the molecule is CC(C)C1=C2[C@H]3CC[C@@H]4[C@@]5(C)CC[C@H](OC(=O)CC(C)(C)C(=O)O)C(C)(C)[C@@H]5CC[C@@]4(C)[C@]3(C)CC[C@@]2(NC(=O)Nc2ccccn2)CC1=O. The maximum absolute atomic E-state index is 13.9. The number of esters is 1. The number of ketones is 1. The molecule has 2 amide bonds. The third-order valence-electron chi connectivity index (χ3n) is 15.1. The fraction of sp³-hybridized carbons (Fsp3) is 0.732. The number of carboxylic acid groups (broad SMARTS) is 1. The summed E-state index contributed by atoms with van der Waals surface area (Å²) in [5, 5.41) is 15.9. The van der Waals surface area contributed by atoms with Crippen molar-refractivity contribution in [2.24, 2.45) is 50.7 Å². The maximum Gasteiger partial charge on any atom is 0.321 e. The van der Waals surface area contributed by atoms with Crippen molar-refractivity contribution in [2.45, 2.75) is 138 Å². The first-order chi connectivity index (χ1) is 23.2. The molecule has 1 heterocycles. The van der Waals surface area contributed by atoms with E-state index in [-0.39, 0.29) is 57.8 Å². The topological polar surface area (TPSA) is 135 Å². The normalized spacial score (nSPS) is 37.6. The van der Waals surface area contributed by atoms with Gasteiger partial charge in [0, 0.05) is 18.0 Å². The minimum atomic E-state index is -1.17. The lowest BCUT2D eigenvalue weighted by Gasteiger charge is -2.72. The highest BCUT2D eigenvalue weighted by atomic mass is 16.5. The molecule has 9 nitrogen and oxygen atoms in total. The molecule has 5 aliphatic carbocycles. The van der Waals surface area contributed by atoms with E-state index in [4.69, 9.17) is 4.74 Å². The Kier molecular flexibility index (Phi) is 8.91. The highest BCUT2D eigenvalue weighted by molar-refractivity contribution is 6.03. The van der Waals surface area contributed by atoms with Crippen LogP contribution >= 0.6 is 0 Å². The second-order valence-electron chi connectivity index (χ2n) is 18.8. The zero-order valence-electron chi connectivity index (χ0n) is 31.7. The van der Waals surface area contributed by atoms with E-state index in [1.807, 2.05) is 12.1 Å². The predicted octanol–water partition coefficient (Wildman–Crippen LogP) is 8.35. The van der Waals surface area contributed by atoms with Gasteiger partial charge in [0.15, 0.2) is 5.78 Å². The Morgan fingerprint density at radius 2 is 1.68 bits per heavy atom. The van der Waals surface area contributed by atoms with Crippen molar-refractivity contribution >= 4 is 29.6 Å². The summed E-state index contributed by atoms with van der Waals surface area (Å²) < 4.78 is 6.14. The van der Waals surface area contributed by atoms with Gasteiger partial charge in [-0.15, -0.1) is 0 Å². The lowest BCUT2D eigenvalue weighted by molar-refractivity contribution is -0.232. The van der Waals surface area contributed by atoms with Crippen LogP contribution in [-0.2, 0) is 19.1 Å². The molecule has 0 aliphatic heterocycles. The average Bonchev–Trinajstić information content (AvgIpc) is 3.30. The molecule has 0 unspecified atom stereocenters. The van der Waals surface area contributed by atoms with E-state index in [1.165, 1.54) is 5.57 Å². The van der Waals surface area contributed by atoms with Crippen LogP contribution < -0.4 is 10.6 Å². The number of hydrogen-bond donors (Lipinski definition) is 3. The molecular formula is C41H59N3O6. The van der Waals surface area contributed by atoms with Crippen LogP contribution in [0.3, 0.4) is 0 Å². The summed E-state index contributed by atoms with van der Waals surface area (Å²) in [7, 11) is 0. The van der Waals surface area contributed by atoms with Crippen LogP contribution in [-0.4, -0.2) is 45.5 Å². The van der Waals surface area contributed by atoms with E-state index in [1.54, 1.807) is 26.1 Å². The number of aromatic nitrogens is 1. The number of hydrogen-bond acceptors (Lipinski definition) is 6. The van der Waals surface area contributed by atoms with Crippen molar-refractivity contribution in [1.82, 2.24) is 10.3 Å². The molecule has 1 aromatic heterocycles. The molecule has 0 saturated heterocycles. The van der Waals surface area contributed by atoms with Gasteiger partial charge >= 0.3 is 18.0 Å². The summed E-state index contributed by atoms with van der Waals surface area (Å²) in [6.07, 6.45) is 9.06. The van der Waals surface area contributed by atoms with E-state index in [2.05, 4.69) is 64.1 Å². The minimum Gasteiger partial charge on any atom is -0.481 e. The highest BCUT2D eigenvalue weighted by Gasteiger charge is 2.70. The molecule has 5 aliphatic rings. The lowest BCUT2D eigenvalue weighted by Crippen LogP contribution is -2.67. The van der Waals surface area contributed by atoms with Crippen molar-refractivity contribution in [3.05, 3.63) is 35.5 Å². The summed E-state index contributed by atoms with van der Waals surface area (Å²) in [6, 6.07) is 5.10. The molecule has 6 rings (SSSR count). The number of nitrogens with one attached hydrogen (secondary N) is 2. The van der Waals surface area contributed by atoms with Crippen molar-refractivity contribution < 1.29 is 29.0 Å². The van der Waals surface area contributed by atoms with Crippen LogP contribution in [0.25, 0.3) is 0 Å². The summed E-state index contributed by atoms with van der Waals surface area (Å²) >= 11 is 0. The Labute approximate surface area is 298 Å². The predicted molar refractivity (Wildman–Crippen MR) is 192 cm³/mol. The van der Waals surface area contributed by atoms with Crippen molar-refractivity contribution in [3.63, 3.8) is 0 Å². The number of ether oxygens (including phenoxy) is 1. The molecule has 4 saturated carbocycles. The van der Waals surface area contributed by atoms with Gasteiger partial charge in [0.25, 0.3) is 0 Å². The standard InChI is InChI=1S/C41H59N3O6/c1-24(2)32-26(45)22-41(44-35(49)43-30-12-10-11-21-42-30)20-19-39(8)25(33(32)41)13-14-28-38(7)17-16-29(50-31(46)23-36(3,4)34(47)48)37(5,6)27(38)15-18-40(28,39)9/h10-12,21,24-25,27-29H,13-20,22-23H2,1-9H3,(H,47,48)(H2,42,43,44,49)/t25-,27+,28-,29+,38+,39-,40-,41-/m1/s1. The van der Waals surface area contributed by atoms with Crippen LogP contribution in [0.15, 0.2) is 35.5 Å². The molecule has 1 aromatic rings. The number of pyridine rings is 1. The largest absolute Gasteiger partial charge is 0.481 e. The highest BCUT2D eigenvalue weighted by Crippen LogP contribution is 2.76. The first-order valence-corrected chi connectivity index (χ1v) is 18.9. The molecule has 0 spiro atoms. The molecule has 0 aromatic carbocycles. The quantitative estimate of drug-likeness (QED) is 0.245. The molecule has 8 atom stereocenters. The Bertz CT molecular complexity index is 1600. The van der Waals surface area contributed by atoms with Crippen LogP contribution in [0.4, 0.5) is 10.6 Å². The number of rotatable bonds is 7. The number of nitrogens with zero attached hydrogens (tertiary/aromatic N) is 1. The Morgan fingerprint density at radius 1 is 0.960 bits per heavy atom. The number of allylic oxidation sites excluding steroid dienone is 1. The van der Waals surface area contributed by atoms with E-state index in [0.717, 1.165) is 56.9 Å². The molecule has 50 heavy (non-hydrogen) atoms. The van der Waals surface area contributed by atoms with Gasteiger partial charge in [0.05, 0.1) is 17.4 Å². The summed E-state index contributed by atoms with van der Waals surface area (Å²) in [5.41, 5.74) is 0.0125. The first-order valence-electron chi connectivity index (χ1n) is 18.9. The number of urea groups is 1. The van der Waals surface area contributed by atoms with Gasteiger partial charge in [0.2, 0.25) is 0 Å². The third kappa shape index (κ3) is 5.51. The van der Waals surface area contributed by atoms with Crippen LogP contribution in [0.5, 0.6) is 0 Å². The van der Waals surface area contributed by atoms with Gasteiger partial charge in [-0.2, -0.15) is 0 Å². The molecule has 9 heteroatoms. The summed E-state index contributed by atoms with van der Waals surface area (Å²) in [4.78, 5) is 56.5. The molecule has 0 bridgehead atoms. The monoisotopic (exact) mass is 689 g/mol. The number of carbonyl (C=O) groups is 4. The van der Waals surface area contributed by atoms with Gasteiger partial charge in [-0.25, -0.2) is 9.78 Å². The lowest BCUT2D eigenvalue weighted by atomic mass is 9.33. The number of aliphatic carboxylic acids is 1. The number of amides is 2. The number of carbonyl (C=O) groups excluding carboxylic acids is 3. The first kappa shape index (κ1) is 36.6. The molecule has 0 radical (unpaired) electrons. The van der Waals surface area contributed by atoms with Crippen molar-refractivity contribution in [2.75, 3.05) is 5.32 Å². The fourth-order valence-corrected chi connectivity index (χ4v) is 12.4. The summed E-state index contributed by atoms with van der Waals surface area (Å²) in [5.74, 6) is 0.302. The second-order valence-corrected chi connectivity index (χ2v) is 18.8. The van der Waals surface area contributed by atoms with Gasteiger partial charge in [-0.1, -0.05) is 54.5 Å². The van der Waals surface area contributed by atoms with Gasteiger partial charge in [0.1, 0.15) is 11.9 Å². The van der Waals surface area contributed by atoms with E-state index in [9.17, 15) is 24.3 Å². The Balaban J connectivity index is 1.28. The molecule has 4 fully saturated rings. The van der Waals surface area contributed by atoms with Crippen LogP contribution in [0, 0.1) is 50.7 Å². The minimum absolute atomic E-state index is 0.0232. The summed E-state index contributed by atoms with van der Waals surface area (Å²) in [6.45, 7) is 19.4. The third-order valence-corrected chi connectivity index (χ3v) is 15.1. The number of carboxylic acids is 1. The Hall–Kier alpha value is -3.23. The Morgan fingerprint density at radius 3 is 2.32 bits per heavy atom. The maximum atomic E-state index is 13.9. The van der Waals surface area contributed by atoms with Gasteiger partial charge in [-0.05, 0) is 128 Å². The van der Waals surface area contributed by atoms with Gasteiger partial charge in [-0.3, -0.25) is 19.7 Å². The number of anilines is 1. The zero-order chi connectivity index (χ0) is 36.7. The smallest absolute Gasteiger partial charge is 0.321 e. The van der Waals surface area contributed by atoms with Crippen LogP contribution in [0.1, 0.15) is 127 Å². The fourth-order valence-electron chi connectivity index (χ4n) is 12.4. The number of fused-ring (bicyclic) bond motifs is 7. The zero-order valence-corrected chi connectivity index (χ0v) is 31.7. The number of Topliss-reactive ketones (excluding diaryl/α,β-unsaturated/α-hetero) is 1. The van der Waals surface area contributed by atoms with Crippen molar-refractivity contribution in [1.29, 1.82) is 0 Å². The van der Waals surface area contributed by atoms with E-state index in [0.29, 0.717) is 24.1 Å². The molecular weight excluding hydrogens is 630 g/mol. The van der Waals surface area contributed by atoms with Crippen molar-refractivity contribution in [3.8, 4) is 0 Å². The van der Waals surface area contributed by atoms with E-state index >= 15 is 0 Å². The second kappa shape index (κ2) is 12.2. The van der Waals surface area contributed by atoms with Gasteiger partial charge < -0.3 is 15.2 Å². The molecule has 274 valence electrons. The van der Waals surface area contributed by atoms with Crippen LogP contribution in [0.2, 0.25) is 0 Å². The van der Waals surface area contributed by atoms with E-state index < -0.39 is 22.9 Å². The molecule has 3 N–H and O–H groups in total.